The largest absolute Gasteiger partial charge is 0.478 e. The lowest BCUT2D eigenvalue weighted by Crippen LogP contribution is -2.33. The van der Waals surface area contributed by atoms with Crippen LogP contribution in [0.4, 0.5) is 0 Å². The van der Waals surface area contributed by atoms with Crippen molar-refractivity contribution in [1.82, 2.24) is 5.16 Å². The summed E-state index contributed by atoms with van der Waals surface area (Å²) in [6.07, 6.45) is 1.60. The first-order valence-electron chi connectivity index (χ1n) is 5.71. The number of aliphatic carboxylic acids is 1. The lowest BCUT2D eigenvalue weighted by atomic mass is 10.1. The highest BCUT2D eigenvalue weighted by molar-refractivity contribution is 8.00. The van der Waals surface area contributed by atoms with E-state index >= 15 is 0 Å². The van der Waals surface area contributed by atoms with Gasteiger partial charge in [-0.2, -0.15) is 0 Å². The summed E-state index contributed by atoms with van der Waals surface area (Å²) in [6.45, 7) is 0. The topological polar surface area (TPSA) is 72.6 Å². The second-order valence-electron chi connectivity index (χ2n) is 4.00. The van der Waals surface area contributed by atoms with Crippen LogP contribution < -0.4 is 0 Å². The fraction of sp³-hybridized carbons (Fsp3) is 0.231. The molecule has 21 heavy (non-hydrogen) atoms. The second kappa shape index (κ2) is 6.27. The van der Waals surface area contributed by atoms with Gasteiger partial charge in [0.25, 0.3) is 4.93 Å². The molecule has 0 aliphatic heterocycles. The number of hydrogen-bond donors (Lipinski definition) is 1. The predicted octanol–water partition coefficient (Wildman–Crippen LogP) is 3.90. The zero-order valence-corrected chi connectivity index (χ0v) is 13.4. The van der Waals surface area contributed by atoms with Gasteiger partial charge in [-0.3, -0.25) is 0 Å². The summed E-state index contributed by atoms with van der Waals surface area (Å²) >= 11 is 13.2. The molecule has 0 saturated heterocycles. The van der Waals surface area contributed by atoms with Crippen LogP contribution in [0, 0.1) is 0 Å². The normalized spacial score (nSPS) is 13.9. The molecule has 0 radical (unpaired) electrons. The van der Waals surface area contributed by atoms with Crippen LogP contribution >= 0.6 is 35.0 Å². The Labute approximate surface area is 135 Å². The van der Waals surface area contributed by atoms with Crippen LogP contribution in [0.3, 0.4) is 0 Å². The minimum atomic E-state index is -1.67. The molecule has 0 amide bonds. The molecule has 1 aromatic heterocycles. The Morgan fingerprint density at radius 1 is 1.43 bits per heavy atom. The van der Waals surface area contributed by atoms with Crippen molar-refractivity contribution in [3.05, 3.63) is 40.1 Å². The van der Waals surface area contributed by atoms with Crippen LogP contribution in [0.2, 0.25) is 10.0 Å². The first-order valence-corrected chi connectivity index (χ1v) is 7.69. The van der Waals surface area contributed by atoms with Gasteiger partial charge in [-0.1, -0.05) is 34.4 Å². The number of carboxylic acid groups (broad SMARTS) is 1. The Kier molecular flexibility index (Phi) is 4.83. The van der Waals surface area contributed by atoms with E-state index in [0.717, 1.165) is 11.8 Å². The maximum absolute atomic E-state index is 11.5. The summed E-state index contributed by atoms with van der Waals surface area (Å²) in [6, 6.07) is 6.48. The quantitative estimate of drug-likeness (QED) is 0.827. The SMILES string of the molecule is CO[C@@](SC)(C(=O)O)c1cc(-c2c(Cl)cccc2Cl)no1. The van der Waals surface area contributed by atoms with Crippen molar-refractivity contribution in [2.24, 2.45) is 0 Å². The Balaban J connectivity index is 2.54. The summed E-state index contributed by atoms with van der Waals surface area (Å²) < 4.78 is 10.3. The van der Waals surface area contributed by atoms with Crippen molar-refractivity contribution >= 4 is 40.9 Å². The molecule has 1 atom stereocenters. The van der Waals surface area contributed by atoms with E-state index in [0.29, 0.717) is 21.3 Å². The van der Waals surface area contributed by atoms with Gasteiger partial charge in [0.2, 0.25) is 0 Å². The fourth-order valence-corrected chi connectivity index (χ4v) is 3.08. The lowest BCUT2D eigenvalue weighted by molar-refractivity contribution is -0.154. The maximum Gasteiger partial charge on any atom is 0.355 e. The zero-order chi connectivity index (χ0) is 15.6. The van der Waals surface area contributed by atoms with Gasteiger partial charge in [0.05, 0.1) is 10.0 Å². The van der Waals surface area contributed by atoms with Crippen LogP contribution in [-0.4, -0.2) is 29.6 Å². The Morgan fingerprint density at radius 3 is 2.52 bits per heavy atom. The summed E-state index contributed by atoms with van der Waals surface area (Å²) in [7, 11) is 1.29. The van der Waals surface area contributed by atoms with E-state index in [-0.39, 0.29) is 5.76 Å². The van der Waals surface area contributed by atoms with E-state index < -0.39 is 10.9 Å². The smallest absolute Gasteiger partial charge is 0.355 e. The number of methoxy groups -OCH3 is 1. The Bertz CT molecular complexity index is 650. The van der Waals surface area contributed by atoms with E-state index in [1.165, 1.54) is 13.2 Å². The molecule has 0 aliphatic rings. The van der Waals surface area contributed by atoms with Gasteiger partial charge in [0.1, 0.15) is 5.69 Å². The van der Waals surface area contributed by atoms with Gasteiger partial charge >= 0.3 is 5.97 Å². The number of halogens is 2. The number of hydrogen-bond acceptors (Lipinski definition) is 5. The molecule has 0 unspecified atom stereocenters. The fourth-order valence-electron chi connectivity index (χ4n) is 1.86. The summed E-state index contributed by atoms with van der Waals surface area (Å²) in [5.74, 6) is -1.14. The Hall–Kier alpha value is -1.21. The number of aromatic nitrogens is 1. The van der Waals surface area contributed by atoms with E-state index in [9.17, 15) is 9.90 Å². The second-order valence-corrected chi connectivity index (χ2v) is 5.80. The highest BCUT2D eigenvalue weighted by atomic mass is 35.5. The molecular formula is C13H11Cl2NO4S. The summed E-state index contributed by atoms with van der Waals surface area (Å²) in [5.41, 5.74) is 0.824. The number of thioether (sulfide) groups is 1. The van der Waals surface area contributed by atoms with Crippen molar-refractivity contribution < 1.29 is 19.2 Å². The van der Waals surface area contributed by atoms with Gasteiger partial charge in [-0.15, -0.1) is 11.8 Å². The standard InChI is InChI=1S/C13H11Cl2NO4S/c1-19-13(21-2,12(17)18)10-6-9(16-20-10)11-7(14)4-3-5-8(11)15/h3-6H,1-2H3,(H,17,18)/t13-/m0/s1. The van der Waals surface area contributed by atoms with E-state index in [1.54, 1.807) is 24.5 Å². The van der Waals surface area contributed by atoms with Gasteiger partial charge < -0.3 is 14.4 Å². The monoisotopic (exact) mass is 347 g/mol. The molecule has 0 aliphatic carbocycles. The molecule has 0 spiro atoms. The van der Waals surface area contributed by atoms with Gasteiger partial charge in [0, 0.05) is 18.7 Å². The van der Waals surface area contributed by atoms with Crippen molar-refractivity contribution in [2.45, 2.75) is 4.93 Å². The number of nitrogens with zero attached hydrogens (tertiary/aromatic N) is 1. The average molecular weight is 348 g/mol. The van der Waals surface area contributed by atoms with Crippen LogP contribution in [0.1, 0.15) is 5.76 Å². The lowest BCUT2D eigenvalue weighted by Gasteiger charge is -2.21. The average Bonchev–Trinajstić information content (AvgIpc) is 2.90. The number of carbonyl (C=O) groups is 1. The van der Waals surface area contributed by atoms with Crippen molar-refractivity contribution in [3.8, 4) is 11.3 Å². The highest BCUT2D eigenvalue weighted by Gasteiger charge is 2.44. The molecule has 2 aromatic rings. The number of benzene rings is 1. The van der Waals surface area contributed by atoms with E-state index in [2.05, 4.69) is 5.16 Å². The molecule has 112 valence electrons. The molecule has 1 N–H and O–H groups in total. The van der Waals surface area contributed by atoms with Crippen LogP contribution in [0.25, 0.3) is 11.3 Å². The molecular weight excluding hydrogens is 337 g/mol. The summed E-state index contributed by atoms with van der Waals surface area (Å²) in [4.78, 5) is 9.81. The van der Waals surface area contributed by atoms with Gasteiger partial charge in [-0.25, -0.2) is 4.79 Å². The minimum Gasteiger partial charge on any atom is -0.478 e. The molecule has 0 saturated carbocycles. The maximum atomic E-state index is 11.5. The predicted molar refractivity (Wildman–Crippen MR) is 81.8 cm³/mol. The molecule has 0 bridgehead atoms. The van der Waals surface area contributed by atoms with Crippen LogP contribution in [0.5, 0.6) is 0 Å². The van der Waals surface area contributed by atoms with Crippen LogP contribution in [-0.2, 0) is 14.5 Å². The van der Waals surface area contributed by atoms with Crippen molar-refractivity contribution in [3.63, 3.8) is 0 Å². The zero-order valence-electron chi connectivity index (χ0n) is 11.1. The molecule has 1 heterocycles. The first-order chi connectivity index (χ1) is 9.96. The van der Waals surface area contributed by atoms with Crippen LogP contribution in [0.15, 0.2) is 28.8 Å². The third-order valence-corrected chi connectivity index (χ3v) is 4.66. The Morgan fingerprint density at radius 2 is 2.05 bits per heavy atom. The van der Waals surface area contributed by atoms with E-state index in [4.69, 9.17) is 32.5 Å². The third kappa shape index (κ3) is 2.76. The minimum absolute atomic E-state index is 0.0518. The molecule has 2 rings (SSSR count). The molecule has 5 nitrogen and oxygen atoms in total. The molecule has 1 aromatic carbocycles. The van der Waals surface area contributed by atoms with Crippen molar-refractivity contribution in [2.75, 3.05) is 13.4 Å². The van der Waals surface area contributed by atoms with Gasteiger partial charge in [-0.05, 0) is 18.4 Å². The molecule has 8 heteroatoms. The van der Waals surface area contributed by atoms with Gasteiger partial charge in [0.15, 0.2) is 5.76 Å². The number of rotatable bonds is 5. The third-order valence-electron chi connectivity index (χ3n) is 2.91. The summed E-state index contributed by atoms with van der Waals surface area (Å²) in [5, 5.41) is 14.0. The van der Waals surface area contributed by atoms with E-state index in [1.807, 2.05) is 0 Å². The van der Waals surface area contributed by atoms with Crippen molar-refractivity contribution in [1.29, 1.82) is 0 Å². The highest BCUT2D eigenvalue weighted by Crippen LogP contribution is 2.40. The number of ether oxygens (including phenoxy) is 1. The first kappa shape index (κ1) is 16.2. The number of carboxylic acids is 1. The molecule has 0 fully saturated rings.